The number of benzene rings is 1. The van der Waals surface area contributed by atoms with Crippen LogP contribution in [0.15, 0.2) is 18.2 Å². The average molecular weight is 240 g/mol. The molecule has 0 heterocycles. The summed E-state index contributed by atoms with van der Waals surface area (Å²) in [5, 5.41) is 9.73. The number of hydrogen-bond acceptors (Lipinski definition) is 2. The van der Waals surface area contributed by atoms with E-state index in [1.165, 1.54) is 18.6 Å². The number of rotatable bonds is 2. The molecule has 1 aliphatic rings. The molecule has 0 bridgehead atoms. The van der Waals surface area contributed by atoms with Crippen LogP contribution < -0.4 is 0 Å². The highest BCUT2D eigenvalue weighted by atomic mass is 35.5. The van der Waals surface area contributed by atoms with Crippen molar-refractivity contribution in [2.75, 3.05) is 7.05 Å². The molecule has 86 valence electrons. The molecule has 1 N–H and O–H groups in total. The van der Waals surface area contributed by atoms with Crippen molar-refractivity contribution in [1.82, 2.24) is 4.90 Å². The molecule has 1 aromatic rings. The third-order valence-corrected chi connectivity index (χ3v) is 3.45. The molecule has 0 radical (unpaired) electrons. The quantitative estimate of drug-likeness (QED) is 0.862. The van der Waals surface area contributed by atoms with E-state index in [2.05, 4.69) is 0 Å². The largest absolute Gasteiger partial charge is 0.508 e. The van der Waals surface area contributed by atoms with Gasteiger partial charge in [-0.05, 0) is 37.5 Å². The molecular weight excluding hydrogens is 226 g/mol. The summed E-state index contributed by atoms with van der Waals surface area (Å²) in [6.45, 7) is 0. The molecule has 0 unspecified atom stereocenters. The summed E-state index contributed by atoms with van der Waals surface area (Å²) >= 11 is 5.94. The Hall–Kier alpha value is -1.22. The number of phenolic OH excluding ortho intramolecular Hbond substituents is 1. The molecule has 1 aromatic carbocycles. The van der Waals surface area contributed by atoms with Crippen LogP contribution in [0.4, 0.5) is 0 Å². The van der Waals surface area contributed by atoms with Crippen LogP contribution in [0.3, 0.4) is 0 Å². The van der Waals surface area contributed by atoms with Crippen LogP contribution in [-0.2, 0) is 0 Å². The average Bonchev–Trinajstić information content (AvgIpc) is 2.18. The van der Waals surface area contributed by atoms with Gasteiger partial charge in [0.15, 0.2) is 0 Å². The fraction of sp³-hybridized carbons (Fsp3) is 0.417. The molecule has 1 fully saturated rings. The number of carbonyl (C=O) groups is 1. The van der Waals surface area contributed by atoms with Gasteiger partial charge in [0.2, 0.25) is 0 Å². The minimum Gasteiger partial charge on any atom is -0.508 e. The molecule has 0 atom stereocenters. The van der Waals surface area contributed by atoms with E-state index in [9.17, 15) is 9.90 Å². The first-order valence-corrected chi connectivity index (χ1v) is 5.73. The van der Waals surface area contributed by atoms with Gasteiger partial charge in [-0.1, -0.05) is 11.6 Å². The number of phenols is 1. The highest BCUT2D eigenvalue weighted by molar-refractivity contribution is 6.33. The highest BCUT2D eigenvalue weighted by Gasteiger charge is 2.27. The molecule has 0 aromatic heterocycles. The van der Waals surface area contributed by atoms with E-state index < -0.39 is 0 Å². The molecule has 1 amide bonds. The third-order valence-electron chi connectivity index (χ3n) is 3.12. The van der Waals surface area contributed by atoms with Gasteiger partial charge in [-0.15, -0.1) is 0 Å². The van der Waals surface area contributed by atoms with Crippen LogP contribution >= 0.6 is 11.6 Å². The normalized spacial score (nSPS) is 15.6. The molecule has 16 heavy (non-hydrogen) atoms. The van der Waals surface area contributed by atoms with Crippen molar-refractivity contribution in [3.05, 3.63) is 28.8 Å². The number of hydrogen-bond donors (Lipinski definition) is 1. The van der Waals surface area contributed by atoms with Crippen molar-refractivity contribution in [1.29, 1.82) is 0 Å². The Bertz CT molecular complexity index is 415. The van der Waals surface area contributed by atoms with E-state index in [-0.39, 0.29) is 11.7 Å². The predicted molar refractivity (Wildman–Crippen MR) is 62.8 cm³/mol. The maximum absolute atomic E-state index is 12.1. The standard InChI is InChI=1S/C12H14ClNO2/c1-14(8-3-2-4-8)12(16)10-7-9(15)5-6-11(10)13/h5-8,15H,2-4H2,1H3. The van der Waals surface area contributed by atoms with Crippen LogP contribution in [0.2, 0.25) is 5.02 Å². The zero-order chi connectivity index (χ0) is 11.7. The van der Waals surface area contributed by atoms with E-state index in [1.807, 2.05) is 0 Å². The van der Waals surface area contributed by atoms with Crippen molar-refractivity contribution in [2.45, 2.75) is 25.3 Å². The topological polar surface area (TPSA) is 40.5 Å². The van der Waals surface area contributed by atoms with Gasteiger partial charge in [-0.3, -0.25) is 4.79 Å². The van der Waals surface area contributed by atoms with E-state index in [4.69, 9.17) is 11.6 Å². The first-order valence-electron chi connectivity index (χ1n) is 5.35. The summed E-state index contributed by atoms with van der Waals surface area (Å²) in [4.78, 5) is 13.8. The molecule has 0 spiro atoms. The van der Waals surface area contributed by atoms with Crippen LogP contribution in [-0.4, -0.2) is 29.0 Å². The van der Waals surface area contributed by atoms with Gasteiger partial charge < -0.3 is 10.0 Å². The van der Waals surface area contributed by atoms with Gasteiger partial charge in [0.05, 0.1) is 10.6 Å². The Morgan fingerprint density at radius 2 is 2.19 bits per heavy atom. The maximum Gasteiger partial charge on any atom is 0.255 e. The minimum absolute atomic E-state index is 0.0646. The highest BCUT2D eigenvalue weighted by Crippen LogP contribution is 2.28. The van der Waals surface area contributed by atoms with E-state index >= 15 is 0 Å². The van der Waals surface area contributed by atoms with Crippen molar-refractivity contribution < 1.29 is 9.90 Å². The van der Waals surface area contributed by atoms with Gasteiger partial charge >= 0.3 is 0 Å². The second-order valence-electron chi connectivity index (χ2n) is 4.16. The Balaban J connectivity index is 2.22. The maximum atomic E-state index is 12.1. The Kier molecular flexibility index (Phi) is 3.06. The van der Waals surface area contributed by atoms with E-state index in [0.29, 0.717) is 16.6 Å². The van der Waals surface area contributed by atoms with Crippen molar-refractivity contribution >= 4 is 17.5 Å². The Morgan fingerprint density at radius 1 is 1.50 bits per heavy atom. The van der Waals surface area contributed by atoms with Crippen molar-refractivity contribution in [2.24, 2.45) is 0 Å². The lowest BCUT2D eigenvalue weighted by Crippen LogP contribution is -2.41. The third kappa shape index (κ3) is 2.00. The van der Waals surface area contributed by atoms with Gasteiger partial charge in [0.1, 0.15) is 5.75 Å². The fourth-order valence-electron chi connectivity index (χ4n) is 1.81. The molecule has 1 saturated carbocycles. The first-order chi connectivity index (χ1) is 7.59. The Morgan fingerprint density at radius 3 is 2.75 bits per heavy atom. The summed E-state index contributed by atoms with van der Waals surface area (Å²) in [5.41, 5.74) is 0.371. The molecule has 0 aliphatic heterocycles. The number of nitrogens with zero attached hydrogens (tertiary/aromatic N) is 1. The van der Waals surface area contributed by atoms with Crippen LogP contribution in [0.1, 0.15) is 29.6 Å². The monoisotopic (exact) mass is 239 g/mol. The van der Waals surface area contributed by atoms with Gasteiger partial charge in [-0.25, -0.2) is 0 Å². The summed E-state index contributed by atoms with van der Waals surface area (Å²) < 4.78 is 0. The zero-order valence-corrected chi connectivity index (χ0v) is 9.87. The number of carbonyl (C=O) groups excluding carboxylic acids is 1. The van der Waals surface area contributed by atoms with Gasteiger partial charge in [0.25, 0.3) is 5.91 Å². The summed E-state index contributed by atoms with van der Waals surface area (Å²) in [5.74, 6) is -0.0552. The SMILES string of the molecule is CN(C(=O)c1cc(O)ccc1Cl)C1CCC1. The molecule has 4 heteroatoms. The summed E-state index contributed by atoms with van der Waals surface area (Å²) in [6, 6.07) is 4.76. The summed E-state index contributed by atoms with van der Waals surface area (Å²) in [6.07, 6.45) is 3.29. The van der Waals surface area contributed by atoms with Crippen LogP contribution in [0, 0.1) is 0 Å². The van der Waals surface area contributed by atoms with Gasteiger partial charge in [-0.2, -0.15) is 0 Å². The lowest BCUT2D eigenvalue weighted by atomic mass is 9.91. The van der Waals surface area contributed by atoms with Crippen molar-refractivity contribution in [3.63, 3.8) is 0 Å². The zero-order valence-electron chi connectivity index (χ0n) is 9.11. The molecule has 1 aliphatic carbocycles. The Labute approximate surface area is 99.6 Å². The molecule has 3 nitrogen and oxygen atoms in total. The molecular formula is C12H14ClNO2. The van der Waals surface area contributed by atoms with Crippen LogP contribution in [0.25, 0.3) is 0 Å². The second kappa shape index (κ2) is 4.34. The summed E-state index contributed by atoms with van der Waals surface area (Å²) in [7, 11) is 1.78. The predicted octanol–water partition coefficient (Wildman–Crippen LogP) is 2.67. The number of halogens is 1. The number of aromatic hydroxyl groups is 1. The van der Waals surface area contributed by atoms with E-state index in [1.54, 1.807) is 18.0 Å². The fourth-order valence-corrected chi connectivity index (χ4v) is 2.01. The van der Waals surface area contributed by atoms with Crippen molar-refractivity contribution in [3.8, 4) is 5.75 Å². The van der Waals surface area contributed by atoms with E-state index in [0.717, 1.165) is 12.8 Å². The lowest BCUT2D eigenvalue weighted by Gasteiger charge is -2.34. The molecule has 0 saturated heterocycles. The molecule has 2 rings (SSSR count). The number of amides is 1. The van der Waals surface area contributed by atoms with Gasteiger partial charge in [0, 0.05) is 13.1 Å². The second-order valence-corrected chi connectivity index (χ2v) is 4.57. The minimum atomic E-state index is -0.120. The van der Waals surface area contributed by atoms with Crippen LogP contribution in [0.5, 0.6) is 5.75 Å². The lowest BCUT2D eigenvalue weighted by molar-refractivity contribution is 0.0652. The smallest absolute Gasteiger partial charge is 0.255 e. The first kappa shape index (κ1) is 11.3.